The van der Waals surface area contributed by atoms with Crippen molar-refractivity contribution in [2.45, 2.75) is 25.3 Å². The van der Waals surface area contributed by atoms with Gasteiger partial charge in [-0.3, -0.25) is 20.0 Å². The number of carbonyl (C=O) groups excluding carboxylic acids is 1. The molecule has 1 aromatic rings. The molecule has 0 aromatic heterocycles. The Balaban J connectivity index is 2.57. The molecule has 0 aliphatic heterocycles. The van der Waals surface area contributed by atoms with Gasteiger partial charge in [0, 0.05) is 6.42 Å². The molecule has 0 fully saturated rings. The number of ether oxygens (including phenoxy) is 1. The van der Waals surface area contributed by atoms with Crippen molar-refractivity contribution in [2.24, 2.45) is 0 Å². The number of amides is 1. The summed E-state index contributed by atoms with van der Waals surface area (Å²) in [4.78, 5) is 37.6. The first-order valence-corrected chi connectivity index (χ1v) is 7.10. The minimum atomic E-state index is -1.39. The molecular weight excluding hydrogens is 340 g/mol. The zero-order valence-corrected chi connectivity index (χ0v) is 13.0. The molecular formula is C14H18N2O9. The van der Waals surface area contributed by atoms with Crippen molar-refractivity contribution >= 4 is 18.0 Å². The van der Waals surface area contributed by atoms with E-state index in [1.807, 2.05) is 0 Å². The van der Waals surface area contributed by atoms with Gasteiger partial charge in [0.1, 0.15) is 11.8 Å². The second-order valence-electron chi connectivity index (χ2n) is 4.84. The molecule has 1 aromatic carbocycles. The third-order valence-electron chi connectivity index (χ3n) is 2.94. The molecule has 0 saturated heterocycles. The van der Waals surface area contributed by atoms with Crippen molar-refractivity contribution in [1.82, 2.24) is 10.7 Å². The van der Waals surface area contributed by atoms with Crippen molar-refractivity contribution in [2.75, 3.05) is 6.61 Å². The Morgan fingerprint density at radius 1 is 1.20 bits per heavy atom. The Labute approximate surface area is 141 Å². The predicted molar refractivity (Wildman–Crippen MR) is 79.0 cm³/mol. The lowest BCUT2D eigenvalue weighted by molar-refractivity contribution is -0.492. The average Bonchev–Trinajstić information content (AvgIpc) is 2.51. The van der Waals surface area contributed by atoms with Gasteiger partial charge in [-0.1, -0.05) is 12.1 Å². The van der Waals surface area contributed by atoms with Gasteiger partial charge in [-0.25, -0.2) is 9.59 Å². The fraction of sp³-hybridized carbons (Fsp3) is 0.357. The molecule has 138 valence electrons. The number of hydrogen-bond donors (Lipinski definition) is 5. The van der Waals surface area contributed by atoms with E-state index in [0.29, 0.717) is 5.56 Å². The standard InChI is InChI=1S/C14H18N2O9/c17-12(18)5-4-11(13(19)20)15-14(21)25-10-3-1-2-9(8-10)6-7-24-16(22)23/h1-3,8,11,22-23H,4-7H2,(H,15,21)(H,17,18)(H,19,20). The average molecular weight is 358 g/mol. The first-order valence-electron chi connectivity index (χ1n) is 7.10. The predicted octanol–water partition coefficient (Wildman–Crippen LogP) is 0.648. The van der Waals surface area contributed by atoms with Gasteiger partial charge >= 0.3 is 18.0 Å². The van der Waals surface area contributed by atoms with Crippen molar-refractivity contribution < 1.29 is 44.6 Å². The number of aliphatic carboxylic acids is 2. The van der Waals surface area contributed by atoms with Gasteiger partial charge in [-0.15, -0.1) is 0 Å². The lowest BCUT2D eigenvalue weighted by Crippen LogP contribution is -2.42. The van der Waals surface area contributed by atoms with Crippen LogP contribution in [0.3, 0.4) is 0 Å². The zero-order valence-electron chi connectivity index (χ0n) is 13.0. The highest BCUT2D eigenvalue weighted by Gasteiger charge is 2.22. The van der Waals surface area contributed by atoms with Gasteiger partial charge in [0.05, 0.1) is 12.0 Å². The number of hydrogen-bond acceptors (Lipinski definition) is 8. The molecule has 0 bridgehead atoms. The summed E-state index contributed by atoms with van der Waals surface area (Å²) in [7, 11) is 0. The highest BCUT2D eigenvalue weighted by Crippen LogP contribution is 2.14. The zero-order chi connectivity index (χ0) is 18.8. The molecule has 0 spiro atoms. The first kappa shape index (κ1) is 20.3. The van der Waals surface area contributed by atoms with Crippen LogP contribution < -0.4 is 10.1 Å². The summed E-state index contributed by atoms with van der Waals surface area (Å²) in [6, 6.07) is 4.81. The molecule has 1 rings (SSSR count). The van der Waals surface area contributed by atoms with E-state index in [1.165, 1.54) is 12.1 Å². The van der Waals surface area contributed by atoms with Gasteiger partial charge in [0.25, 0.3) is 0 Å². The van der Waals surface area contributed by atoms with Gasteiger partial charge in [-0.2, -0.15) is 0 Å². The number of carbonyl (C=O) groups is 3. The van der Waals surface area contributed by atoms with Crippen LogP contribution in [0.1, 0.15) is 18.4 Å². The Morgan fingerprint density at radius 3 is 2.52 bits per heavy atom. The van der Waals surface area contributed by atoms with E-state index < -0.39 is 35.9 Å². The summed E-state index contributed by atoms with van der Waals surface area (Å²) in [5.74, 6) is -2.43. The summed E-state index contributed by atoms with van der Waals surface area (Å²) < 4.78 is 4.96. The Morgan fingerprint density at radius 2 is 1.92 bits per heavy atom. The van der Waals surface area contributed by atoms with Crippen LogP contribution in [0.5, 0.6) is 5.75 Å². The molecule has 11 heteroatoms. The van der Waals surface area contributed by atoms with E-state index in [2.05, 4.69) is 10.2 Å². The summed E-state index contributed by atoms with van der Waals surface area (Å²) in [6.07, 6.45) is -1.45. The molecule has 1 atom stereocenters. The molecule has 11 nitrogen and oxygen atoms in total. The number of nitrogens with one attached hydrogen (secondary N) is 1. The lowest BCUT2D eigenvalue weighted by atomic mass is 10.1. The number of benzene rings is 1. The maximum atomic E-state index is 11.7. The third kappa shape index (κ3) is 8.62. The maximum Gasteiger partial charge on any atom is 0.413 e. The molecule has 0 saturated carbocycles. The molecule has 25 heavy (non-hydrogen) atoms. The van der Waals surface area contributed by atoms with Gasteiger partial charge in [0.2, 0.25) is 0 Å². The molecule has 0 radical (unpaired) electrons. The highest BCUT2D eigenvalue weighted by molar-refractivity contribution is 5.81. The molecule has 0 aliphatic carbocycles. The number of nitrogens with zero attached hydrogens (tertiary/aromatic N) is 1. The van der Waals surface area contributed by atoms with Crippen LogP contribution in [0.4, 0.5) is 4.79 Å². The van der Waals surface area contributed by atoms with E-state index in [0.717, 1.165) is 0 Å². The monoisotopic (exact) mass is 358 g/mol. The summed E-state index contributed by atoms with van der Waals surface area (Å²) in [6.45, 7) is -0.0427. The normalized spacial score (nSPS) is 11.8. The van der Waals surface area contributed by atoms with Crippen molar-refractivity contribution in [3.8, 4) is 5.75 Å². The van der Waals surface area contributed by atoms with Gasteiger partial charge < -0.3 is 20.3 Å². The quantitative estimate of drug-likeness (QED) is 0.375. The summed E-state index contributed by atoms with van der Waals surface area (Å²) >= 11 is 0. The SMILES string of the molecule is O=C(O)CCC(NC(=O)Oc1cccc(CCON(O)O)c1)C(=O)O. The fourth-order valence-electron chi connectivity index (χ4n) is 1.81. The second-order valence-corrected chi connectivity index (χ2v) is 4.84. The third-order valence-corrected chi connectivity index (χ3v) is 2.94. The Hall–Kier alpha value is -2.73. The smallest absolute Gasteiger partial charge is 0.413 e. The van der Waals surface area contributed by atoms with Crippen molar-refractivity contribution in [1.29, 1.82) is 0 Å². The van der Waals surface area contributed by atoms with E-state index >= 15 is 0 Å². The van der Waals surface area contributed by atoms with Crippen LogP contribution >= 0.6 is 0 Å². The van der Waals surface area contributed by atoms with Crippen LogP contribution in [-0.4, -0.2) is 56.7 Å². The topological polar surface area (TPSA) is 166 Å². The Kier molecular flexibility index (Phi) is 8.29. The number of carboxylic acid groups (broad SMARTS) is 2. The molecule has 1 unspecified atom stereocenters. The van der Waals surface area contributed by atoms with E-state index in [9.17, 15) is 14.4 Å². The fourth-order valence-corrected chi connectivity index (χ4v) is 1.81. The van der Waals surface area contributed by atoms with E-state index in [-0.39, 0.29) is 25.2 Å². The minimum Gasteiger partial charge on any atom is -0.481 e. The van der Waals surface area contributed by atoms with Crippen LogP contribution in [0.2, 0.25) is 0 Å². The van der Waals surface area contributed by atoms with Gasteiger partial charge in [0.15, 0.2) is 0 Å². The largest absolute Gasteiger partial charge is 0.481 e. The van der Waals surface area contributed by atoms with Crippen LogP contribution in [-0.2, 0) is 20.8 Å². The molecule has 5 N–H and O–H groups in total. The second kappa shape index (κ2) is 10.2. The van der Waals surface area contributed by atoms with Crippen LogP contribution in [0, 0.1) is 0 Å². The van der Waals surface area contributed by atoms with Crippen molar-refractivity contribution in [3.05, 3.63) is 29.8 Å². The Bertz CT molecular complexity index is 606. The van der Waals surface area contributed by atoms with Crippen molar-refractivity contribution in [3.63, 3.8) is 0 Å². The first-order chi connectivity index (χ1) is 11.8. The summed E-state index contributed by atoms with van der Waals surface area (Å²) in [5, 5.41) is 36.0. The molecule has 0 heterocycles. The van der Waals surface area contributed by atoms with Gasteiger partial charge in [-0.05, 0) is 30.5 Å². The molecule has 1 amide bonds. The number of carboxylic acids is 2. The van der Waals surface area contributed by atoms with Crippen LogP contribution in [0.25, 0.3) is 0 Å². The molecule has 0 aliphatic rings. The summed E-state index contributed by atoms with van der Waals surface area (Å²) in [5.41, 5.74) is 0.660. The number of rotatable bonds is 10. The van der Waals surface area contributed by atoms with Crippen LogP contribution in [0.15, 0.2) is 24.3 Å². The minimum absolute atomic E-state index is 0.0427. The maximum absolute atomic E-state index is 11.7. The van der Waals surface area contributed by atoms with E-state index in [1.54, 1.807) is 12.1 Å². The lowest BCUT2D eigenvalue weighted by Gasteiger charge is -2.14. The van der Waals surface area contributed by atoms with E-state index in [4.69, 9.17) is 25.4 Å². The highest BCUT2D eigenvalue weighted by atomic mass is 17.1.